The second-order valence-corrected chi connectivity index (χ2v) is 7.70. The van der Waals surface area contributed by atoms with Gasteiger partial charge in [-0.1, -0.05) is 29.3 Å². The molecule has 28 heavy (non-hydrogen) atoms. The topological polar surface area (TPSA) is 73.2 Å². The van der Waals surface area contributed by atoms with E-state index in [-0.39, 0.29) is 5.91 Å². The standard InChI is InChI=1S/C20H19Cl2N3O2S/c1-4-25(5-2)20(27)18-12(3)15(11-23)19(28-18)24-17(26)9-7-13-6-8-14(21)10-16(13)22/h6-10H,4-5H2,1-3H3,(H,24,26)/b9-7-. The fraction of sp³-hybridized carbons (Fsp3) is 0.250. The molecule has 0 saturated carbocycles. The molecule has 0 unspecified atom stereocenters. The average Bonchev–Trinajstić information content (AvgIpc) is 2.97. The molecule has 1 N–H and O–H groups in total. The quantitative estimate of drug-likeness (QED) is 0.619. The zero-order valence-electron chi connectivity index (χ0n) is 15.7. The molecule has 0 bridgehead atoms. The smallest absolute Gasteiger partial charge is 0.264 e. The number of hydrogen-bond acceptors (Lipinski definition) is 4. The van der Waals surface area contributed by atoms with E-state index >= 15 is 0 Å². The van der Waals surface area contributed by atoms with Crippen molar-refractivity contribution in [3.8, 4) is 6.07 Å². The minimum Gasteiger partial charge on any atom is -0.338 e. The molecular formula is C20H19Cl2N3O2S. The fourth-order valence-electron chi connectivity index (χ4n) is 2.55. The summed E-state index contributed by atoms with van der Waals surface area (Å²) >= 11 is 13.1. The zero-order chi connectivity index (χ0) is 20.8. The molecule has 2 aromatic rings. The van der Waals surface area contributed by atoms with Gasteiger partial charge < -0.3 is 10.2 Å². The number of nitrogens with zero attached hydrogens (tertiary/aromatic N) is 2. The Labute approximate surface area is 178 Å². The van der Waals surface area contributed by atoms with Gasteiger partial charge in [-0.3, -0.25) is 9.59 Å². The normalized spacial score (nSPS) is 10.7. The summed E-state index contributed by atoms with van der Waals surface area (Å²) in [5, 5.41) is 13.4. The molecule has 0 radical (unpaired) electrons. The van der Waals surface area contributed by atoms with Crippen LogP contribution >= 0.6 is 34.5 Å². The van der Waals surface area contributed by atoms with Gasteiger partial charge in [-0.15, -0.1) is 11.3 Å². The number of carbonyl (C=O) groups excluding carboxylic acids is 2. The van der Waals surface area contributed by atoms with Crippen LogP contribution in [-0.4, -0.2) is 29.8 Å². The highest BCUT2D eigenvalue weighted by Crippen LogP contribution is 2.33. The number of nitrogens with one attached hydrogen (secondary N) is 1. The molecule has 0 saturated heterocycles. The molecule has 0 aliphatic carbocycles. The van der Waals surface area contributed by atoms with E-state index in [0.29, 0.717) is 49.7 Å². The summed E-state index contributed by atoms with van der Waals surface area (Å²) in [6.07, 6.45) is 2.87. The van der Waals surface area contributed by atoms with E-state index in [0.717, 1.165) is 11.3 Å². The Morgan fingerprint density at radius 1 is 1.29 bits per heavy atom. The van der Waals surface area contributed by atoms with Crippen molar-refractivity contribution in [1.29, 1.82) is 5.26 Å². The number of carbonyl (C=O) groups is 2. The van der Waals surface area contributed by atoms with Crippen LogP contribution in [0, 0.1) is 18.3 Å². The van der Waals surface area contributed by atoms with Crippen molar-refractivity contribution in [2.75, 3.05) is 18.4 Å². The molecule has 5 nitrogen and oxygen atoms in total. The minimum atomic E-state index is -0.425. The molecule has 2 rings (SSSR count). The zero-order valence-corrected chi connectivity index (χ0v) is 18.0. The highest BCUT2D eigenvalue weighted by atomic mass is 35.5. The Bertz CT molecular complexity index is 973. The van der Waals surface area contributed by atoms with Crippen LogP contribution in [0.1, 0.15) is 40.2 Å². The molecule has 8 heteroatoms. The van der Waals surface area contributed by atoms with Crippen LogP contribution < -0.4 is 5.32 Å². The van der Waals surface area contributed by atoms with Gasteiger partial charge in [-0.05, 0) is 50.1 Å². The lowest BCUT2D eigenvalue weighted by atomic mass is 10.1. The second kappa shape index (κ2) is 9.74. The molecule has 1 aromatic heterocycles. The number of anilines is 1. The molecule has 0 aliphatic heterocycles. The third kappa shape index (κ3) is 4.93. The van der Waals surface area contributed by atoms with E-state index in [1.54, 1.807) is 36.1 Å². The molecule has 0 atom stereocenters. The largest absolute Gasteiger partial charge is 0.338 e. The van der Waals surface area contributed by atoms with Crippen LogP contribution in [0.3, 0.4) is 0 Å². The highest BCUT2D eigenvalue weighted by Gasteiger charge is 2.23. The average molecular weight is 436 g/mol. The van der Waals surface area contributed by atoms with Gasteiger partial charge >= 0.3 is 0 Å². The van der Waals surface area contributed by atoms with Crippen LogP contribution in [0.15, 0.2) is 24.3 Å². The summed E-state index contributed by atoms with van der Waals surface area (Å²) in [7, 11) is 0. The SMILES string of the molecule is CCN(CC)C(=O)c1sc(NC(=O)/C=C\c2ccc(Cl)cc2Cl)c(C#N)c1C. The van der Waals surface area contributed by atoms with Crippen LogP contribution in [0.5, 0.6) is 0 Å². The van der Waals surface area contributed by atoms with Gasteiger partial charge in [-0.2, -0.15) is 5.26 Å². The fourth-order valence-corrected chi connectivity index (χ4v) is 4.15. The molecule has 1 aromatic carbocycles. The Morgan fingerprint density at radius 2 is 1.96 bits per heavy atom. The molecule has 0 spiro atoms. The van der Waals surface area contributed by atoms with Crippen molar-refractivity contribution < 1.29 is 9.59 Å². The van der Waals surface area contributed by atoms with Crippen molar-refractivity contribution in [3.05, 3.63) is 55.9 Å². The summed E-state index contributed by atoms with van der Waals surface area (Å²) in [6, 6.07) is 7.03. The van der Waals surface area contributed by atoms with Gasteiger partial charge in [0.15, 0.2) is 0 Å². The van der Waals surface area contributed by atoms with Crippen LogP contribution in [0.4, 0.5) is 5.00 Å². The van der Waals surface area contributed by atoms with Crippen molar-refractivity contribution >= 4 is 57.4 Å². The van der Waals surface area contributed by atoms with E-state index in [1.165, 1.54) is 6.08 Å². The van der Waals surface area contributed by atoms with Gasteiger partial charge in [0.1, 0.15) is 11.1 Å². The van der Waals surface area contributed by atoms with Gasteiger partial charge in [0.2, 0.25) is 5.91 Å². The summed E-state index contributed by atoms with van der Waals surface area (Å²) in [6.45, 7) is 6.64. The number of nitriles is 1. The van der Waals surface area contributed by atoms with Gasteiger partial charge in [0, 0.05) is 29.2 Å². The third-order valence-electron chi connectivity index (χ3n) is 4.12. The lowest BCUT2D eigenvalue weighted by Crippen LogP contribution is -2.30. The monoisotopic (exact) mass is 435 g/mol. The molecule has 2 amide bonds. The number of benzene rings is 1. The van der Waals surface area contributed by atoms with E-state index in [9.17, 15) is 14.9 Å². The molecular weight excluding hydrogens is 417 g/mol. The molecule has 146 valence electrons. The third-order valence-corrected chi connectivity index (χ3v) is 5.87. The molecule has 0 aliphatic rings. The number of halogens is 2. The summed E-state index contributed by atoms with van der Waals surface area (Å²) < 4.78 is 0. The predicted molar refractivity (Wildman–Crippen MR) is 115 cm³/mol. The lowest BCUT2D eigenvalue weighted by molar-refractivity contribution is -0.111. The Kier molecular flexibility index (Phi) is 7.64. The second-order valence-electron chi connectivity index (χ2n) is 5.84. The van der Waals surface area contributed by atoms with E-state index in [4.69, 9.17) is 23.2 Å². The van der Waals surface area contributed by atoms with Crippen LogP contribution in [0.2, 0.25) is 10.0 Å². The van der Waals surface area contributed by atoms with E-state index in [1.807, 2.05) is 13.8 Å². The Morgan fingerprint density at radius 3 is 2.54 bits per heavy atom. The summed E-state index contributed by atoms with van der Waals surface area (Å²) in [5.74, 6) is -0.571. The first kappa shape index (κ1) is 22.0. The number of amides is 2. The summed E-state index contributed by atoms with van der Waals surface area (Å²) in [5.41, 5.74) is 1.51. The first-order valence-corrected chi connectivity index (χ1v) is 10.2. The molecule has 1 heterocycles. The highest BCUT2D eigenvalue weighted by molar-refractivity contribution is 7.18. The number of thiophene rings is 1. The first-order valence-electron chi connectivity index (χ1n) is 8.59. The van der Waals surface area contributed by atoms with Gasteiger partial charge in [-0.25, -0.2) is 0 Å². The predicted octanol–water partition coefficient (Wildman–Crippen LogP) is 5.37. The lowest BCUT2D eigenvalue weighted by Gasteiger charge is -2.17. The maximum absolute atomic E-state index is 12.6. The van der Waals surface area contributed by atoms with Gasteiger partial charge in [0.05, 0.1) is 10.4 Å². The van der Waals surface area contributed by atoms with Crippen molar-refractivity contribution in [3.63, 3.8) is 0 Å². The molecule has 0 fully saturated rings. The summed E-state index contributed by atoms with van der Waals surface area (Å²) in [4.78, 5) is 27.1. The van der Waals surface area contributed by atoms with Gasteiger partial charge in [0.25, 0.3) is 5.91 Å². The van der Waals surface area contributed by atoms with Crippen LogP contribution in [0.25, 0.3) is 6.08 Å². The van der Waals surface area contributed by atoms with Crippen LogP contribution in [-0.2, 0) is 4.79 Å². The van der Waals surface area contributed by atoms with Crippen molar-refractivity contribution in [1.82, 2.24) is 4.90 Å². The number of hydrogen-bond donors (Lipinski definition) is 1. The number of rotatable bonds is 6. The van der Waals surface area contributed by atoms with Crippen molar-refractivity contribution in [2.45, 2.75) is 20.8 Å². The minimum absolute atomic E-state index is 0.145. The first-order chi connectivity index (χ1) is 13.3. The van der Waals surface area contributed by atoms with E-state index < -0.39 is 5.91 Å². The van der Waals surface area contributed by atoms with E-state index in [2.05, 4.69) is 11.4 Å². The maximum atomic E-state index is 12.6. The maximum Gasteiger partial charge on any atom is 0.264 e. The Hall–Kier alpha value is -2.33. The Balaban J connectivity index is 2.24. The van der Waals surface area contributed by atoms with Crippen molar-refractivity contribution in [2.24, 2.45) is 0 Å².